The zero-order chi connectivity index (χ0) is 10.9. The number of rotatable bonds is 8. The quantitative estimate of drug-likeness (QED) is 0.587. The van der Waals surface area contributed by atoms with E-state index in [1.54, 1.807) is 0 Å². The molecule has 1 fully saturated rings. The smallest absolute Gasteiger partial charge is 0.0107 e. The van der Waals surface area contributed by atoms with Gasteiger partial charge in [-0.15, -0.1) is 0 Å². The molecule has 1 saturated heterocycles. The molecule has 15 heavy (non-hydrogen) atoms. The Bertz CT molecular complexity index is 134. The number of nitrogens with one attached hydrogen (secondary N) is 2. The van der Waals surface area contributed by atoms with Crippen LogP contribution in [0, 0.1) is 5.92 Å². The first kappa shape index (κ1) is 12.9. The summed E-state index contributed by atoms with van der Waals surface area (Å²) in [6.45, 7) is 12.7. The van der Waals surface area contributed by atoms with Crippen molar-refractivity contribution in [2.75, 3.05) is 45.8 Å². The van der Waals surface area contributed by atoms with Crippen molar-refractivity contribution < 1.29 is 0 Å². The van der Waals surface area contributed by atoms with Crippen LogP contribution in [0.15, 0.2) is 0 Å². The van der Waals surface area contributed by atoms with Crippen LogP contribution in [0.3, 0.4) is 0 Å². The second-order valence-corrected chi connectivity index (χ2v) is 4.45. The molecular weight excluding hydrogens is 186 g/mol. The minimum Gasteiger partial charge on any atom is -0.317 e. The summed E-state index contributed by atoms with van der Waals surface area (Å²) in [7, 11) is 0. The molecule has 0 aromatic carbocycles. The molecule has 1 heterocycles. The van der Waals surface area contributed by atoms with Crippen molar-refractivity contribution in [3.05, 3.63) is 0 Å². The van der Waals surface area contributed by atoms with Gasteiger partial charge in [-0.3, -0.25) is 0 Å². The Morgan fingerprint density at radius 1 is 1.13 bits per heavy atom. The Labute approximate surface area is 94.6 Å². The molecule has 1 aliphatic heterocycles. The molecule has 0 amide bonds. The zero-order valence-electron chi connectivity index (χ0n) is 10.4. The molecule has 0 bridgehead atoms. The highest BCUT2D eigenvalue weighted by Crippen LogP contribution is 2.18. The van der Waals surface area contributed by atoms with Crippen molar-refractivity contribution in [2.45, 2.75) is 26.7 Å². The second-order valence-electron chi connectivity index (χ2n) is 4.45. The summed E-state index contributed by atoms with van der Waals surface area (Å²) in [6.07, 6.45) is 2.75. The van der Waals surface area contributed by atoms with Crippen LogP contribution >= 0.6 is 0 Å². The summed E-state index contributed by atoms with van der Waals surface area (Å²) in [4.78, 5) is 2.60. The summed E-state index contributed by atoms with van der Waals surface area (Å²) >= 11 is 0. The van der Waals surface area contributed by atoms with Crippen molar-refractivity contribution in [1.29, 1.82) is 0 Å². The number of likely N-dealkylation sites (tertiary alicyclic amines) is 1. The van der Waals surface area contributed by atoms with Gasteiger partial charge >= 0.3 is 0 Å². The van der Waals surface area contributed by atoms with E-state index in [9.17, 15) is 0 Å². The van der Waals surface area contributed by atoms with Gasteiger partial charge in [0.25, 0.3) is 0 Å². The van der Waals surface area contributed by atoms with Gasteiger partial charge in [-0.25, -0.2) is 0 Å². The molecule has 2 N–H and O–H groups in total. The standard InChI is InChI=1S/C12H27N3/c1-3-13-7-5-12-6-9-15(11-12)10-8-14-4-2/h12-14H,3-11H2,1-2H3. The first-order valence-electron chi connectivity index (χ1n) is 6.50. The highest BCUT2D eigenvalue weighted by atomic mass is 15.2. The van der Waals surface area contributed by atoms with Crippen LogP contribution in [0.2, 0.25) is 0 Å². The molecule has 1 atom stereocenters. The third kappa shape index (κ3) is 5.50. The van der Waals surface area contributed by atoms with E-state index in [-0.39, 0.29) is 0 Å². The summed E-state index contributed by atoms with van der Waals surface area (Å²) in [6, 6.07) is 0. The van der Waals surface area contributed by atoms with E-state index in [2.05, 4.69) is 29.4 Å². The van der Waals surface area contributed by atoms with Crippen LogP contribution in [-0.2, 0) is 0 Å². The summed E-state index contributed by atoms with van der Waals surface area (Å²) in [5.41, 5.74) is 0. The molecule has 3 nitrogen and oxygen atoms in total. The molecule has 0 radical (unpaired) electrons. The van der Waals surface area contributed by atoms with Gasteiger partial charge in [0.1, 0.15) is 0 Å². The van der Waals surface area contributed by atoms with Gasteiger partial charge < -0.3 is 15.5 Å². The Morgan fingerprint density at radius 3 is 2.60 bits per heavy atom. The molecule has 0 aromatic heterocycles. The molecule has 3 heteroatoms. The molecule has 0 spiro atoms. The van der Waals surface area contributed by atoms with E-state index in [0.29, 0.717) is 0 Å². The zero-order valence-corrected chi connectivity index (χ0v) is 10.4. The fraction of sp³-hybridized carbons (Fsp3) is 1.00. The van der Waals surface area contributed by atoms with Crippen LogP contribution in [0.1, 0.15) is 26.7 Å². The third-order valence-corrected chi connectivity index (χ3v) is 3.20. The Kier molecular flexibility index (Phi) is 6.98. The number of likely N-dealkylation sites (N-methyl/N-ethyl adjacent to an activating group) is 1. The first-order chi connectivity index (χ1) is 7.36. The van der Waals surface area contributed by atoms with Crippen LogP contribution in [-0.4, -0.2) is 50.7 Å². The van der Waals surface area contributed by atoms with Gasteiger partial charge in [-0.05, 0) is 44.9 Å². The predicted molar refractivity (Wildman–Crippen MR) is 66.3 cm³/mol. The Morgan fingerprint density at radius 2 is 1.87 bits per heavy atom. The van der Waals surface area contributed by atoms with E-state index in [0.717, 1.165) is 25.6 Å². The maximum atomic E-state index is 3.41. The summed E-state index contributed by atoms with van der Waals surface area (Å²) in [5.74, 6) is 0.936. The number of hydrogen-bond acceptors (Lipinski definition) is 3. The van der Waals surface area contributed by atoms with Gasteiger partial charge in [-0.2, -0.15) is 0 Å². The Hall–Kier alpha value is -0.120. The topological polar surface area (TPSA) is 27.3 Å². The summed E-state index contributed by atoms with van der Waals surface area (Å²) < 4.78 is 0. The lowest BCUT2D eigenvalue weighted by atomic mass is 10.1. The molecule has 0 saturated carbocycles. The van der Waals surface area contributed by atoms with Crippen molar-refractivity contribution >= 4 is 0 Å². The maximum Gasteiger partial charge on any atom is 0.0107 e. The van der Waals surface area contributed by atoms with Crippen molar-refractivity contribution in [1.82, 2.24) is 15.5 Å². The minimum atomic E-state index is 0.936. The van der Waals surface area contributed by atoms with Gasteiger partial charge in [0, 0.05) is 19.6 Å². The van der Waals surface area contributed by atoms with Gasteiger partial charge in [0.2, 0.25) is 0 Å². The molecule has 1 aliphatic rings. The van der Waals surface area contributed by atoms with Gasteiger partial charge in [0.05, 0.1) is 0 Å². The van der Waals surface area contributed by atoms with Crippen molar-refractivity contribution in [2.24, 2.45) is 5.92 Å². The minimum absolute atomic E-state index is 0.936. The monoisotopic (exact) mass is 213 g/mol. The van der Waals surface area contributed by atoms with Crippen molar-refractivity contribution in [3.63, 3.8) is 0 Å². The molecule has 1 unspecified atom stereocenters. The SMILES string of the molecule is CCNCCC1CCN(CCNCC)C1. The number of hydrogen-bond donors (Lipinski definition) is 2. The average Bonchev–Trinajstić information content (AvgIpc) is 2.67. The fourth-order valence-electron chi connectivity index (χ4n) is 2.25. The highest BCUT2D eigenvalue weighted by Gasteiger charge is 2.20. The maximum absolute atomic E-state index is 3.41. The van der Waals surface area contributed by atoms with Crippen LogP contribution in [0.4, 0.5) is 0 Å². The van der Waals surface area contributed by atoms with Crippen LogP contribution < -0.4 is 10.6 Å². The molecule has 0 aliphatic carbocycles. The molecule has 1 rings (SSSR count). The molecule has 90 valence electrons. The fourth-order valence-corrected chi connectivity index (χ4v) is 2.25. The summed E-state index contributed by atoms with van der Waals surface area (Å²) in [5, 5.41) is 6.80. The van der Waals surface area contributed by atoms with Gasteiger partial charge in [0.15, 0.2) is 0 Å². The predicted octanol–water partition coefficient (Wildman–Crippen LogP) is 0.917. The molecular formula is C12H27N3. The highest BCUT2D eigenvalue weighted by molar-refractivity contribution is 4.76. The van der Waals surface area contributed by atoms with E-state index in [1.807, 2.05) is 0 Å². The lowest BCUT2D eigenvalue weighted by molar-refractivity contribution is 0.319. The third-order valence-electron chi connectivity index (χ3n) is 3.20. The average molecular weight is 213 g/mol. The Balaban J connectivity index is 1.99. The van der Waals surface area contributed by atoms with E-state index >= 15 is 0 Å². The largest absolute Gasteiger partial charge is 0.317 e. The van der Waals surface area contributed by atoms with E-state index in [4.69, 9.17) is 0 Å². The lowest BCUT2D eigenvalue weighted by Crippen LogP contribution is -2.30. The van der Waals surface area contributed by atoms with Crippen LogP contribution in [0.25, 0.3) is 0 Å². The lowest BCUT2D eigenvalue weighted by Gasteiger charge is -2.16. The molecule has 0 aromatic rings. The normalized spacial score (nSPS) is 22.4. The van der Waals surface area contributed by atoms with Crippen molar-refractivity contribution in [3.8, 4) is 0 Å². The number of nitrogens with zero attached hydrogens (tertiary/aromatic N) is 1. The van der Waals surface area contributed by atoms with Crippen LogP contribution in [0.5, 0.6) is 0 Å². The first-order valence-corrected chi connectivity index (χ1v) is 6.50. The van der Waals surface area contributed by atoms with E-state index in [1.165, 1.54) is 39.0 Å². The van der Waals surface area contributed by atoms with Gasteiger partial charge in [-0.1, -0.05) is 13.8 Å². The second kappa shape index (κ2) is 8.08. The van der Waals surface area contributed by atoms with E-state index < -0.39 is 0 Å².